The number of anilines is 1. The van der Waals surface area contributed by atoms with E-state index >= 15 is 0 Å². The molecule has 158 valence electrons. The lowest BCUT2D eigenvalue weighted by molar-refractivity contribution is -0.113. The number of carbonyl (C=O) groups is 1. The van der Waals surface area contributed by atoms with Crippen LogP contribution in [0.1, 0.15) is 5.56 Å². The molecule has 0 aliphatic carbocycles. The average Bonchev–Trinajstić information content (AvgIpc) is 3.09. The minimum Gasteiger partial charge on any atom is -0.325 e. The normalized spacial score (nSPS) is 11.6. The number of thioether (sulfide) groups is 1. The molecule has 0 unspecified atom stereocenters. The lowest BCUT2D eigenvalue weighted by Gasteiger charge is -2.14. The second-order valence-electron chi connectivity index (χ2n) is 6.83. The molecule has 0 fully saturated rings. The van der Waals surface area contributed by atoms with Crippen LogP contribution < -0.4 is 5.32 Å². The van der Waals surface area contributed by atoms with Gasteiger partial charge < -0.3 is 9.88 Å². The van der Waals surface area contributed by atoms with Crippen molar-refractivity contribution in [2.45, 2.75) is 17.0 Å². The summed E-state index contributed by atoms with van der Waals surface area (Å²) < 4.78 is 27.7. The van der Waals surface area contributed by atoms with Gasteiger partial charge in [0.25, 0.3) is 0 Å². The van der Waals surface area contributed by atoms with E-state index in [-0.39, 0.29) is 16.6 Å². The first kappa shape index (κ1) is 22.0. The highest BCUT2D eigenvalue weighted by molar-refractivity contribution is 7.99. The highest BCUT2D eigenvalue weighted by Gasteiger charge is 2.19. The van der Waals surface area contributed by atoms with Gasteiger partial charge in [0.05, 0.1) is 10.6 Å². The van der Waals surface area contributed by atoms with Gasteiger partial charge in [-0.05, 0) is 24.6 Å². The molecule has 0 saturated carbocycles. The number of aromatic nitrogens is 3. The van der Waals surface area contributed by atoms with Gasteiger partial charge in [-0.2, -0.15) is 0 Å². The Hall–Kier alpha value is -2.69. The molecule has 1 amide bonds. The fraction of sp³-hybridized carbons (Fsp3) is 0.250. The number of aryl methyl sites for hydroxylation is 1. The summed E-state index contributed by atoms with van der Waals surface area (Å²) in [4.78, 5) is 12.6. The molecule has 3 aromatic rings. The van der Waals surface area contributed by atoms with Crippen LogP contribution in [0.15, 0.2) is 58.6 Å². The number of nitrogens with one attached hydrogen (secondary N) is 1. The van der Waals surface area contributed by atoms with Gasteiger partial charge >= 0.3 is 0 Å². The predicted molar refractivity (Wildman–Crippen MR) is 118 cm³/mol. The molecule has 30 heavy (non-hydrogen) atoms. The number of rotatable bonds is 7. The first-order valence-electron chi connectivity index (χ1n) is 9.11. The van der Waals surface area contributed by atoms with E-state index in [9.17, 15) is 13.2 Å². The van der Waals surface area contributed by atoms with Gasteiger partial charge in [0.1, 0.15) is 0 Å². The van der Waals surface area contributed by atoms with Crippen molar-refractivity contribution in [3.8, 4) is 11.4 Å². The Balaban J connectivity index is 1.70. The Morgan fingerprint density at radius 1 is 1.13 bits per heavy atom. The molecule has 10 heteroatoms. The van der Waals surface area contributed by atoms with Crippen LogP contribution in [-0.4, -0.2) is 53.2 Å². The van der Waals surface area contributed by atoms with Gasteiger partial charge in [-0.1, -0.05) is 48.2 Å². The summed E-state index contributed by atoms with van der Waals surface area (Å²) in [7, 11) is 1.20. The summed E-state index contributed by atoms with van der Waals surface area (Å²) in [6, 6.07) is 14.4. The van der Waals surface area contributed by atoms with E-state index in [1.54, 1.807) is 6.07 Å². The zero-order valence-corrected chi connectivity index (χ0v) is 18.8. The summed E-state index contributed by atoms with van der Waals surface area (Å²) >= 11 is 1.26. The monoisotopic (exact) mass is 445 g/mol. The quantitative estimate of drug-likeness (QED) is 0.562. The molecule has 2 aromatic carbocycles. The Bertz CT molecular complexity index is 1160. The van der Waals surface area contributed by atoms with Gasteiger partial charge in [0.2, 0.25) is 15.9 Å². The van der Waals surface area contributed by atoms with Crippen LogP contribution in [0.2, 0.25) is 0 Å². The van der Waals surface area contributed by atoms with Crippen molar-refractivity contribution >= 4 is 33.4 Å². The van der Waals surface area contributed by atoms with Crippen molar-refractivity contribution in [3.63, 3.8) is 0 Å². The third kappa shape index (κ3) is 4.72. The summed E-state index contributed by atoms with van der Waals surface area (Å²) in [5.74, 6) is 0.577. The molecule has 8 nitrogen and oxygen atoms in total. The highest BCUT2D eigenvalue weighted by atomic mass is 32.2. The maximum atomic E-state index is 12.5. The van der Waals surface area contributed by atoms with E-state index in [4.69, 9.17) is 0 Å². The van der Waals surface area contributed by atoms with Crippen LogP contribution in [0.25, 0.3) is 11.4 Å². The topological polar surface area (TPSA) is 97.2 Å². The first-order chi connectivity index (χ1) is 14.2. The van der Waals surface area contributed by atoms with Crippen molar-refractivity contribution < 1.29 is 13.2 Å². The van der Waals surface area contributed by atoms with Crippen LogP contribution in [0.3, 0.4) is 0 Å². The number of sulfonamides is 1. The van der Waals surface area contributed by atoms with Crippen molar-refractivity contribution in [1.82, 2.24) is 19.1 Å². The van der Waals surface area contributed by atoms with E-state index in [1.165, 1.54) is 38.0 Å². The molecule has 0 spiro atoms. The molecule has 0 aliphatic rings. The van der Waals surface area contributed by atoms with Gasteiger partial charge in [-0.15, -0.1) is 10.2 Å². The second-order valence-corrected chi connectivity index (χ2v) is 9.93. The summed E-state index contributed by atoms with van der Waals surface area (Å²) in [6.45, 7) is 1.81. The van der Waals surface area contributed by atoms with Crippen molar-refractivity contribution in [1.29, 1.82) is 0 Å². The van der Waals surface area contributed by atoms with E-state index in [2.05, 4.69) is 15.5 Å². The smallest absolute Gasteiger partial charge is 0.242 e. The molecule has 1 N–H and O–H groups in total. The minimum absolute atomic E-state index is 0.116. The number of hydrogen-bond donors (Lipinski definition) is 1. The summed E-state index contributed by atoms with van der Waals surface area (Å²) in [5.41, 5.74) is 2.18. The predicted octanol–water partition coefficient (Wildman–Crippen LogP) is 2.77. The zero-order valence-electron chi connectivity index (χ0n) is 17.2. The summed E-state index contributed by atoms with van der Waals surface area (Å²) in [6.07, 6.45) is 0. The lowest BCUT2D eigenvalue weighted by Crippen LogP contribution is -2.22. The average molecular weight is 446 g/mol. The van der Waals surface area contributed by atoms with Crippen molar-refractivity contribution in [2.24, 2.45) is 7.05 Å². The molecular weight excluding hydrogens is 422 g/mol. The largest absolute Gasteiger partial charge is 0.325 e. The number of hydrogen-bond acceptors (Lipinski definition) is 6. The molecule has 0 bridgehead atoms. The Labute approximate surface area is 180 Å². The van der Waals surface area contributed by atoms with E-state index in [0.717, 1.165) is 21.3 Å². The van der Waals surface area contributed by atoms with Crippen molar-refractivity contribution in [2.75, 3.05) is 25.2 Å². The molecule has 0 atom stereocenters. The molecule has 1 aromatic heterocycles. The number of carbonyl (C=O) groups excluding carboxylic acids is 1. The minimum atomic E-state index is -3.58. The zero-order chi connectivity index (χ0) is 21.9. The van der Waals surface area contributed by atoms with Crippen LogP contribution >= 0.6 is 11.8 Å². The lowest BCUT2D eigenvalue weighted by atomic mass is 10.2. The molecule has 0 saturated heterocycles. The van der Waals surface area contributed by atoms with Gasteiger partial charge in [0, 0.05) is 32.4 Å². The number of amides is 1. The Morgan fingerprint density at radius 3 is 2.50 bits per heavy atom. The maximum absolute atomic E-state index is 12.5. The maximum Gasteiger partial charge on any atom is 0.242 e. The van der Waals surface area contributed by atoms with E-state index in [1.807, 2.05) is 48.9 Å². The van der Waals surface area contributed by atoms with Gasteiger partial charge in [0.15, 0.2) is 11.0 Å². The Morgan fingerprint density at radius 2 is 1.83 bits per heavy atom. The fourth-order valence-electron chi connectivity index (χ4n) is 2.70. The standard InChI is InChI=1S/C20H23N5O3S2/c1-14-10-11-16(30(27,28)24(2)3)12-17(14)21-18(26)13-29-20-23-22-19(25(20)4)15-8-6-5-7-9-15/h5-12H,13H2,1-4H3,(H,21,26). The van der Waals surface area contributed by atoms with Gasteiger partial charge in [-0.3, -0.25) is 4.79 Å². The van der Waals surface area contributed by atoms with Crippen molar-refractivity contribution in [3.05, 3.63) is 54.1 Å². The third-order valence-electron chi connectivity index (χ3n) is 4.46. The summed E-state index contributed by atoms with van der Waals surface area (Å²) in [5, 5.41) is 11.8. The highest BCUT2D eigenvalue weighted by Crippen LogP contribution is 2.24. The molecule has 0 aliphatic heterocycles. The van der Waals surface area contributed by atoms with E-state index < -0.39 is 10.0 Å². The van der Waals surface area contributed by atoms with Gasteiger partial charge in [-0.25, -0.2) is 12.7 Å². The second kappa shape index (κ2) is 8.99. The number of nitrogens with zero attached hydrogens (tertiary/aromatic N) is 4. The molecule has 3 rings (SSSR count). The van der Waals surface area contributed by atoms with Crippen LogP contribution in [0.4, 0.5) is 5.69 Å². The fourth-order valence-corrected chi connectivity index (χ4v) is 4.34. The third-order valence-corrected chi connectivity index (χ3v) is 7.29. The number of benzene rings is 2. The SMILES string of the molecule is Cc1ccc(S(=O)(=O)N(C)C)cc1NC(=O)CSc1nnc(-c2ccccc2)n1C. The first-order valence-corrected chi connectivity index (χ1v) is 11.5. The molecule has 1 heterocycles. The van der Waals surface area contributed by atoms with E-state index in [0.29, 0.717) is 10.8 Å². The van der Waals surface area contributed by atoms with Crippen LogP contribution in [0, 0.1) is 6.92 Å². The molecular formula is C20H23N5O3S2. The van der Waals surface area contributed by atoms with Crippen LogP contribution in [0.5, 0.6) is 0 Å². The van der Waals surface area contributed by atoms with Crippen LogP contribution in [-0.2, 0) is 21.9 Å². The Kier molecular flexibility index (Phi) is 6.59. The molecule has 0 radical (unpaired) electrons.